The minimum atomic E-state index is -1.68. The van der Waals surface area contributed by atoms with Crippen molar-refractivity contribution in [3.05, 3.63) is 92.4 Å². The quantitative estimate of drug-likeness (QED) is 0.162. The molecule has 8 nitrogen and oxygen atoms in total. The topological polar surface area (TPSA) is 123 Å². The molecule has 5 atom stereocenters. The van der Waals surface area contributed by atoms with E-state index in [0.717, 1.165) is 6.07 Å². The average molecular weight is 647 g/mol. The number of rotatable bonds is 7. The van der Waals surface area contributed by atoms with E-state index in [1.807, 2.05) is 20.8 Å². The second-order valence-electron chi connectivity index (χ2n) is 11.8. The van der Waals surface area contributed by atoms with Crippen LogP contribution in [0.3, 0.4) is 0 Å². The van der Waals surface area contributed by atoms with Crippen LogP contribution in [0.2, 0.25) is 15.1 Å². The van der Waals surface area contributed by atoms with Crippen molar-refractivity contribution in [1.82, 2.24) is 25.9 Å². The Labute approximate surface area is 262 Å². The van der Waals surface area contributed by atoms with Crippen LogP contribution in [0.25, 0.3) is 11.4 Å². The van der Waals surface area contributed by atoms with Gasteiger partial charge in [-0.1, -0.05) is 73.8 Å². The Morgan fingerprint density at radius 3 is 2.49 bits per heavy atom. The largest absolute Gasteiger partial charge is 0.372 e. The van der Waals surface area contributed by atoms with Crippen LogP contribution in [0.4, 0.5) is 14.5 Å². The summed E-state index contributed by atoms with van der Waals surface area (Å²) in [6.45, 7) is 5.96. The fourth-order valence-corrected chi connectivity index (χ4v) is 6.58. The van der Waals surface area contributed by atoms with Crippen molar-refractivity contribution in [2.75, 3.05) is 5.32 Å². The maximum absolute atomic E-state index is 15.9. The number of aromatic amines is 1. The Bertz CT molecular complexity index is 1680. The molecule has 4 aromatic rings. The second-order valence-corrected chi connectivity index (χ2v) is 13.0. The molecule has 0 amide bonds. The third-order valence-electron chi connectivity index (χ3n) is 7.70. The number of aromatic nitrogens is 4. The van der Waals surface area contributed by atoms with E-state index < -0.39 is 41.3 Å². The first-order valence-electron chi connectivity index (χ1n) is 13.4. The van der Waals surface area contributed by atoms with E-state index in [0.29, 0.717) is 23.5 Å². The monoisotopic (exact) mass is 645 g/mol. The van der Waals surface area contributed by atoms with E-state index >= 15 is 8.78 Å². The van der Waals surface area contributed by atoms with Crippen molar-refractivity contribution in [1.29, 1.82) is 5.26 Å². The van der Waals surface area contributed by atoms with Gasteiger partial charge in [-0.25, -0.2) is 8.78 Å². The van der Waals surface area contributed by atoms with Gasteiger partial charge >= 0.3 is 0 Å². The van der Waals surface area contributed by atoms with E-state index in [1.165, 1.54) is 24.3 Å². The van der Waals surface area contributed by atoms with E-state index in [-0.39, 0.29) is 31.6 Å². The number of aliphatic hydroxyl groups excluding tert-OH is 1. The molecule has 1 saturated heterocycles. The predicted molar refractivity (Wildman–Crippen MR) is 162 cm³/mol. The molecule has 13 heteroatoms. The molecule has 0 saturated carbocycles. The molecular weight excluding hydrogens is 619 g/mol. The molecular formula is C30H28Cl3F2N7O. The zero-order valence-electron chi connectivity index (χ0n) is 23.3. The van der Waals surface area contributed by atoms with Crippen molar-refractivity contribution in [2.45, 2.75) is 56.8 Å². The van der Waals surface area contributed by atoms with E-state index in [2.05, 4.69) is 37.3 Å². The molecule has 1 aliphatic rings. The van der Waals surface area contributed by atoms with Gasteiger partial charge in [-0.2, -0.15) is 10.5 Å². The number of nitriles is 1. The van der Waals surface area contributed by atoms with Crippen LogP contribution in [-0.2, 0) is 5.41 Å². The number of halogens is 5. The number of aliphatic hydroxyl groups is 1. The Hall–Kier alpha value is -3.33. The average Bonchev–Trinajstić information content (AvgIpc) is 3.57. The van der Waals surface area contributed by atoms with E-state index in [1.54, 1.807) is 24.3 Å². The van der Waals surface area contributed by atoms with E-state index in [9.17, 15) is 10.4 Å². The highest BCUT2D eigenvalue weighted by Crippen LogP contribution is 2.53. The molecule has 1 aliphatic heterocycles. The molecule has 224 valence electrons. The minimum absolute atomic E-state index is 0.0349. The van der Waals surface area contributed by atoms with Crippen LogP contribution in [0.15, 0.2) is 54.6 Å². The van der Waals surface area contributed by atoms with Gasteiger partial charge in [0.2, 0.25) is 5.82 Å². The lowest BCUT2D eigenvalue weighted by molar-refractivity contribution is 0.149. The first-order valence-corrected chi connectivity index (χ1v) is 14.5. The Balaban J connectivity index is 1.65. The molecule has 3 aromatic carbocycles. The minimum Gasteiger partial charge on any atom is -0.372 e. The van der Waals surface area contributed by atoms with Gasteiger partial charge in [-0.3, -0.25) is 0 Å². The summed E-state index contributed by atoms with van der Waals surface area (Å²) in [6.07, 6.45) is -1.01. The standard InChI is InChI=1S/C30H28Cl3F2N7O/c1-29(2,3)13-23-30(14-36,19-10-7-15(31)11-22(19)34)24(18-5-4-6-20(32)25(18)35)26(38-23)28(43)37-16-8-9-17(21(33)12-16)27-39-41-42-40-27/h4-12,23-24,26,28,37-38,43H,13H2,1-3H3,(H,39,40,41,42). The first kappa shape index (κ1) is 31.1. The summed E-state index contributed by atoms with van der Waals surface area (Å²) >= 11 is 18.8. The van der Waals surface area contributed by atoms with Crippen molar-refractivity contribution >= 4 is 40.5 Å². The van der Waals surface area contributed by atoms with Crippen molar-refractivity contribution in [3.8, 4) is 17.5 Å². The molecule has 4 N–H and O–H groups in total. The molecule has 0 aliphatic carbocycles. The smallest absolute Gasteiger partial charge is 0.206 e. The van der Waals surface area contributed by atoms with Crippen LogP contribution in [-0.4, -0.2) is 44.0 Å². The molecule has 0 bridgehead atoms. The van der Waals surface area contributed by atoms with Gasteiger partial charge in [0, 0.05) is 33.8 Å². The normalized spacial score (nSPS) is 22.7. The maximum atomic E-state index is 15.9. The van der Waals surface area contributed by atoms with E-state index in [4.69, 9.17) is 34.8 Å². The lowest BCUT2D eigenvalue weighted by Crippen LogP contribution is -2.45. The number of nitrogens with zero attached hydrogens (tertiary/aromatic N) is 4. The highest BCUT2D eigenvalue weighted by molar-refractivity contribution is 6.33. The summed E-state index contributed by atoms with van der Waals surface area (Å²) in [7, 11) is 0. The highest BCUT2D eigenvalue weighted by atomic mass is 35.5. The van der Waals surface area contributed by atoms with Crippen molar-refractivity contribution in [2.24, 2.45) is 5.41 Å². The summed E-state index contributed by atoms with van der Waals surface area (Å²) in [5.74, 6) is -2.28. The van der Waals surface area contributed by atoms with Gasteiger partial charge in [-0.15, -0.1) is 10.2 Å². The Morgan fingerprint density at radius 1 is 1.09 bits per heavy atom. The van der Waals surface area contributed by atoms with Gasteiger partial charge in [0.05, 0.1) is 22.2 Å². The lowest BCUT2D eigenvalue weighted by Gasteiger charge is -2.38. The summed E-state index contributed by atoms with van der Waals surface area (Å²) in [5, 5.41) is 43.2. The van der Waals surface area contributed by atoms with Gasteiger partial charge in [0.1, 0.15) is 23.3 Å². The van der Waals surface area contributed by atoms with Crippen LogP contribution in [0.5, 0.6) is 0 Å². The molecule has 1 aromatic heterocycles. The summed E-state index contributed by atoms with van der Waals surface area (Å²) < 4.78 is 31.6. The molecule has 43 heavy (non-hydrogen) atoms. The predicted octanol–water partition coefficient (Wildman–Crippen LogP) is 6.86. The van der Waals surface area contributed by atoms with Crippen LogP contribution >= 0.6 is 34.8 Å². The summed E-state index contributed by atoms with van der Waals surface area (Å²) in [4.78, 5) is 0. The lowest BCUT2D eigenvalue weighted by atomic mass is 9.62. The third kappa shape index (κ3) is 5.93. The van der Waals surface area contributed by atoms with Crippen LogP contribution < -0.4 is 10.6 Å². The zero-order valence-corrected chi connectivity index (χ0v) is 25.6. The molecule has 5 rings (SSSR count). The van der Waals surface area contributed by atoms with Gasteiger partial charge in [0.15, 0.2) is 0 Å². The molecule has 1 fully saturated rings. The number of nitrogens with one attached hydrogen (secondary N) is 3. The molecule has 0 radical (unpaired) electrons. The van der Waals surface area contributed by atoms with Crippen LogP contribution in [0.1, 0.15) is 44.2 Å². The Kier molecular flexibility index (Phi) is 8.67. The number of anilines is 1. The molecule has 5 unspecified atom stereocenters. The fraction of sp³-hybridized carbons (Fsp3) is 0.333. The summed E-state index contributed by atoms with van der Waals surface area (Å²) in [5.41, 5.74) is -0.986. The fourth-order valence-electron chi connectivity index (χ4n) is 5.98. The number of hydrogen-bond donors (Lipinski definition) is 4. The zero-order chi connectivity index (χ0) is 31.1. The summed E-state index contributed by atoms with van der Waals surface area (Å²) in [6, 6.07) is 14.1. The number of benzene rings is 3. The van der Waals surface area contributed by atoms with Gasteiger partial charge < -0.3 is 15.7 Å². The SMILES string of the molecule is CC(C)(C)CC1NC(C(O)Nc2ccc(-c3nn[nH]n3)c(Cl)c2)C(c2cccc(Cl)c2F)C1(C#N)c1ccc(Cl)cc1F. The highest BCUT2D eigenvalue weighted by Gasteiger charge is 2.60. The Morgan fingerprint density at radius 2 is 1.86 bits per heavy atom. The molecule has 0 spiro atoms. The van der Waals surface area contributed by atoms with Gasteiger partial charge in [0.25, 0.3) is 0 Å². The number of H-pyrrole nitrogens is 1. The number of hydrogen-bond acceptors (Lipinski definition) is 7. The van der Waals surface area contributed by atoms with Gasteiger partial charge in [-0.05, 0) is 59.0 Å². The van der Waals surface area contributed by atoms with Crippen LogP contribution in [0, 0.1) is 28.4 Å². The third-order valence-corrected chi connectivity index (χ3v) is 8.54. The second kappa shape index (κ2) is 12.0. The number of tetrazole rings is 1. The van der Waals surface area contributed by atoms with Crippen molar-refractivity contribution in [3.63, 3.8) is 0 Å². The molecule has 2 heterocycles. The maximum Gasteiger partial charge on any atom is 0.206 e. The van der Waals surface area contributed by atoms with Crippen molar-refractivity contribution < 1.29 is 13.9 Å². The first-order chi connectivity index (χ1) is 20.4.